The van der Waals surface area contributed by atoms with Crippen LogP contribution in [0, 0.1) is 0 Å². The van der Waals surface area contributed by atoms with Gasteiger partial charge in [0.05, 0.1) is 17.6 Å². The maximum Gasteiger partial charge on any atom is 0.255 e. The Balaban J connectivity index is 1.31. The smallest absolute Gasteiger partial charge is 0.255 e. The Labute approximate surface area is 192 Å². The first-order valence-corrected chi connectivity index (χ1v) is 11.7. The minimum Gasteiger partial charge on any atom is -0.337 e. The highest BCUT2D eigenvalue weighted by atomic mass is 16.2. The van der Waals surface area contributed by atoms with Crippen molar-refractivity contribution in [1.82, 2.24) is 30.0 Å². The molecule has 0 aliphatic carbocycles. The van der Waals surface area contributed by atoms with E-state index in [1.807, 2.05) is 24.5 Å². The van der Waals surface area contributed by atoms with Gasteiger partial charge in [-0.05, 0) is 30.5 Å². The fourth-order valence-corrected chi connectivity index (χ4v) is 6.15. The van der Waals surface area contributed by atoms with Gasteiger partial charge in [0.15, 0.2) is 0 Å². The van der Waals surface area contributed by atoms with Gasteiger partial charge in [0.2, 0.25) is 11.8 Å². The van der Waals surface area contributed by atoms with Crippen molar-refractivity contribution < 1.29 is 14.4 Å². The fourth-order valence-electron chi connectivity index (χ4n) is 6.15. The topological polar surface area (TPSA) is 99.6 Å². The van der Waals surface area contributed by atoms with Crippen LogP contribution in [-0.4, -0.2) is 62.7 Å². The molecule has 2 fully saturated rings. The van der Waals surface area contributed by atoms with Gasteiger partial charge in [-0.25, -0.2) is 4.98 Å². The second kappa shape index (κ2) is 7.50. The molecule has 2 unspecified atom stereocenters. The normalized spacial score (nSPS) is 27.2. The molecule has 172 valence electrons. The molecule has 33 heavy (non-hydrogen) atoms. The number of imidazole rings is 1. The number of hydrogen-bond donors (Lipinski definition) is 2. The molecule has 9 heteroatoms. The number of rotatable bonds is 3. The lowest BCUT2D eigenvalue weighted by Crippen LogP contribution is -2.53. The number of carbonyl (C=O) groups excluding carboxylic acids is 3. The summed E-state index contributed by atoms with van der Waals surface area (Å²) in [5.41, 5.74) is 4.96. The number of aromatic nitrogens is 2. The summed E-state index contributed by atoms with van der Waals surface area (Å²) >= 11 is 0. The van der Waals surface area contributed by atoms with Gasteiger partial charge in [0, 0.05) is 57.3 Å². The average molecular weight is 449 g/mol. The minimum absolute atomic E-state index is 0.107. The largest absolute Gasteiger partial charge is 0.337 e. The summed E-state index contributed by atoms with van der Waals surface area (Å²) in [5.74, 6) is -0.747. The van der Waals surface area contributed by atoms with E-state index in [4.69, 9.17) is 4.98 Å². The molecule has 4 aliphatic rings. The van der Waals surface area contributed by atoms with Crippen LogP contribution in [0.2, 0.25) is 0 Å². The van der Waals surface area contributed by atoms with Crippen molar-refractivity contribution in [2.24, 2.45) is 7.05 Å². The van der Waals surface area contributed by atoms with E-state index in [1.165, 1.54) is 5.69 Å². The average Bonchev–Trinajstić information content (AvgIpc) is 3.50. The molecule has 2 atom stereocenters. The first-order valence-electron chi connectivity index (χ1n) is 11.7. The highest BCUT2D eigenvalue weighted by molar-refractivity contribution is 6.06. The number of aryl methyl sites for hydroxylation is 1. The summed E-state index contributed by atoms with van der Waals surface area (Å²) in [6.45, 7) is 3.77. The zero-order valence-corrected chi connectivity index (χ0v) is 18.8. The minimum atomic E-state index is -0.591. The molecule has 3 amide bonds. The van der Waals surface area contributed by atoms with Crippen LogP contribution >= 0.6 is 0 Å². The summed E-state index contributed by atoms with van der Waals surface area (Å²) in [6, 6.07) is 5.43. The van der Waals surface area contributed by atoms with Crippen LogP contribution in [-0.2, 0) is 41.7 Å². The predicted octanol–water partition coefficient (Wildman–Crippen LogP) is 0.428. The number of imide groups is 1. The third kappa shape index (κ3) is 3.06. The third-order valence-electron chi connectivity index (χ3n) is 7.86. The summed E-state index contributed by atoms with van der Waals surface area (Å²) in [4.78, 5) is 46.4. The molecule has 5 heterocycles. The van der Waals surface area contributed by atoms with Crippen LogP contribution in [0.15, 0.2) is 24.5 Å². The Kier molecular flexibility index (Phi) is 4.67. The number of carbonyl (C=O) groups is 3. The van der Waals surface area contributed by atoms with Crippen molar-refractivity contribution in [2.75, 3.05) is 19.6 Å². The molecule has 0 radical (unpaired) electrons. The Morgan fingerprint density at radius 3 is 2.88 bits per heavy atom. The second-order valence-electron chi connectivity index (χ2n) is 9.63. The Hall–Kier alpha value is -3.04. The number of benzene rings is 1. The van der Waals surface area contributed by atoms with Crippen LogP contribution in [0.4, 0.5) is 0 Å². The molecule has 1 aromatic carbocycles. The highest BCUT2D eigenvalue weighted by Gasteiger charge is 2.48. The van der Waals surface area contributed by atoms with Crippen LogP contribution in [0.1, 0.15) is 52.1 Å². The Morgan fingerprint density at radius 1 is 1.21 bits per heavy atom. The van der Waals surface area contributed by atoms with Crippen LogP contribution < -0.4 is 10.6 Å². The molecule has 2 saturated heterocycles. The SMILES string of the molecule is Cn1cnc2c1CCN(Cc1cccc3c1C(=O)N(C1CCC(=O)NC1=O)C3)C21CCNC1. The van der Waals surface area contributed by atoms with Gasteiger partial charge in [-0.3, -0.25) is 24.6 Å². The van der Waals surface area contributed by atoms with E-state index < -0.39 is 6.04 Å². The molecular formula is C24H28N6O3. The van der Waals surface area contributed by atoms with Crippen molar-refractivity contribution in [3.63, 3.8) is 0 Å². The molecule has 0 saturated carbocycles. The van der Waals surface area contributed by atoms with Gasteiger partial charge in [0.1, 0.15) is 6.04 Å². The van der Waals surface area contributed by atoms with Crippen molar-refractivity contribution in [3.8, 4) is 0 Å². The molecule has 4 aliphatic heterocycles. The quantitative estimate of drug-likeness (QED) is 0.661. The van der Waals surface area contributed by atoms with E-state index in [2.05, 4.69) is 27.1 Å². The standard InChI is InChI=1S/C24H28N6O3/c1-28-14-26-21-17(28)7-10-29(24(21)8-9-25-13-24)11-15-3-2-4-16-12-30(23(33)20(15)16)18-5-6-19(31)27-22(18)32/h2-4,14,18,25H,5-13H2,1H3,(H,27,31,32). The van der Waals surface area contributed by atoms with Gasteiger partial charge in [-0.2, -0.15) is 0 Å². The van der Waals surface area contributed by atoms with Crippen LogP contribution in [0.5, 0.6) is 0 Å². The number of piperidine rings is 1. The van der Waals surface area contributed by atoms with Crippen LogP contribution in [0.3, 0.4) is 0 Å². The van der Waals surface area contributed by atoms with E-state index in [0.29, 0.717) is 19.5 Å². The van der Waals surface area contributed by atoms with Gasteiger partial charge in [0.25, 0.3) is 5.91 Å². The maximum absolute atomic E-state index is 13.5. The molecule has 0 bridgehead atoms. The third-order valence-corrected chi connectivity index (χ3v) is 7.86. The van der Waals surface area contributed by atoms with Gasteiger partial charge < -0.3 is 14.8 Å². The first kappa shape index (κ1) is 20.6. The van der Waals surface area contributed by atoms with Gasteiger partial charge >= 0.3 is 0 Å². The summed E-state index contributed by atoms with van der Waals surface area (Å²) < 4.78 is 2.13. The first-order chi connectivity index (χ1) is 16.0. The number of nitrogens with one attached hydrogen (secondary N) is 2. The summed E-state index contributed by atoms with van der Waals surface area (Å²) in [7, 11) is 2.06. The van der Waals surface area contributed by atoms with E-state index >= 15 is 0 Å². The van der Waals surface area contributed by atoms with E-state index in [0.717, 1.165) is 54.9 Å². The predicted molar refractivity (Wildman–Crippen MR) is 119 cm³/mol. The summed E-state index contributed by atoms with van der Waals surface area (Å²) in [6.07, 6.45) is 4.47. The van der Waals surface area contributed by atoms with Crippen LogP contribution in [0.25, 0.3) is 0 Å². The van der Waals surface area contributed by atoms with Crippen molar-refractivity contribution in [1.29, 1.82) is 0 Å². The number of fused-ring (bicyclic) bond motifs is 3. The molecule has 1 aromatic heterocycles. The molecule has 2 N–H and O–H groups in total. The maximum atomic E-state index is 13.5. The lowest BCUT2D eigenvalue weighted by Gasteiger charge is -2.44. The molecule has 6 rings (SSSR count). The molecule has 1 spiro atoms. The number of amides is 3. The summed E-state index contributed by atoms with van der Waals surface area (Å²) in [5, 5.41) is 5.91. The zero-order valence-electron chi connectivity index (χ0n) is 18.8. The molecular weight excluding hydrogens is 420 g/mol. The zero-order chi connectivity index (χ0) is 22.7. The second-order valence-corrected chi connectivity index (χ2v) is 9.63. The highest BCUT2D eigenvalue weighted by Crippen LogP contribution is 2.41. The van der Waals surface area contributed by atoms with Crippen molar-refractivity contribution in [2.45, 2.75) is 50.4 Å². The van der Waals surface area contributed by atoms with Gasteiger partial charge in [-0.15, -0.1) is 0 Å². The lowest BCUT2D eigenvalue weighted by molar-refractivity contribution is -0.136. The number of nitrogens with zero attached hydrogens (tertiary/aromatic N) is 4. The van der Waals surface area contributed by atoms with E-state index in [9.17, 15) is 14.4 Å². The Morgan fingerprint density at radius 2 is 2.09 bits per heavy atom. The Bertz CT molecular complexity index is 1160. The molecule has 9 nitrogen and oxygen atoms in total. The molecule has 2 aromatic rings. The van der Waals surface area contributed by atoms with Gasteiger partial charge in [-0.1, -0.05) is 18.2 Å². The van der Waals surface area contributed by atoms with E-state index in [1.54, 1.807) is 4.90 Å². The monoisotopic (exact) mass is 448 g/mol. The van der Waals surface area contributed by atoms with Crippen molar-refractivity contribution in [3.05, 3.63) is 52.6 Å². The van der Waals surface area contributed by atoms with Crippen molar-refractivity contribution >= 4 is 17.7 Å². The van der Waals surface area contributed by atoms with E-state index in [-0.39, 0.29) is 29.7 Å². The fraction of sp³-hybridized carbons (Fsp3) is 0.500. The lowest BCUT2D eigenvalue weighted by atomic mass is 9.85. The number of hydrogen-bond acceptors (Lipinski definition) is 6.